The zero-order valence-corrected chi connectivity index (χ0v) is 23.4. The fourth-order valence-corrected chi connectivity index (χ4v) is 4.13. The van der Waals surface area contributed by atoms with E-state index in [0.29, 0.717) is 29.6 Å². The van der Waals surface area contributed by atoms with E-state index in [4.69, 9.17) is 9.72 Å². The molecule has 1 N–H and O–H groups in total. The maximum atomic E-state index is 11.9. The molecule has 0 unspecified atom stereocenters. The van der Waals surface area contributed by atoms with Gasteiger partial charge in [0.1, 0.15) is 11.4 Å². The number of nitrogens with zero attached hydrogens (tertiary/aromatic N) is 6. The second-order valence-electron chi connectivity index (χ2n) is 9.09. The Bertz CT molecular complexity index is 1420. The second kappa shape index (κ2) is 12.4. The number of likely N-dealkylation sites (N-methyl/N-ethyl adjacent to an activating group) is 2. The van der Waals surface area contributed by atoms with E-state index in [1.54, 1.807) is 12.3 Å². The Morgan fingerprint density at radius 2 is 1.84 bits per heavy atom. The van der Waals surface area contributed by atoms with Crippen molar-refractivity contribution in [3.8, 4) is 17.0 Å². The van der Waals surface area contributed by atoms with Gasteiger partial charge in [-0.1, -0.05) is 26.0 Å². The number of aromatic nitrogens is 3. The fraction of sp³-hybridized carbons (Fsp3) is 0.357. The van der Waals surface area contributed by atoms with Crippen molar-refractivity contribution in [3.05, 3.63) is 64.5 Å². The van der Waals surface area contributed by atoms with Gasteiger partial charge in [0.25, 0.3) is 5.69 Å². The van der Waals surface area contributed by atoms with E-state index in [0.717, 1.165) is 28.7 Å². The summed E-state index contributed by atoms with van der Waals surface area (Å²) in [7, 11) is 9.29. The topological polar surface area (TPSA) is 102 Å². The van der Waals surface area contributed by atoms with Crippen LogP contribution in [0.4, 0.5) is 23.0 Å². The molecule has 2 heterocycles. The molecule has 4 rings (SSSR count). The number of rotatable bonds is 9. The van der Waals surface area contributed by atoms with Crippen molar-refractivity contribution in [1.29, 1.82) is 0 Å². The zero-order valence-electron chi connectivity index (χ0n) is 23.4. The number of aryl methyl sites for hydroxylation is 2. The van der Waals surface area contributed by atoms with Crippen molar-refractivity contribution in [2.75, 3.05) is 51.6 Å². The number of ether oxygens (including phenoxy) is 1. The van der Waals surface area contributed by atoms with Crippen LogP contribution in [0.1, 0.15) is 19.4 Å². The van der Waals surface area contributed by atoms with Gasteiger partial charge in [-0.05, 0) is 38.7 Å². The number of fused-ring (bicyclic) bond motifs is 1. The fourth-order valence-electron chi connectivity index (χ4n) is 4.13. The summed E-state index contributed by atoms with van der Waals surface area (Å²) in [5.41, 5.74) is 4.89. The largest absolute Gasteiger partial charge is 0.494 e. The van der Waals surface area contributed by atoms with Crippen molar-refractivity contribution in [3.63, 3.8) is 0 Å². The minimum atomic E-state index is -0.387. The molecule has 0 saturated carbocycles. The van der Waals surface area contributed by atoms with Gasteiger partial charge in [0.2, 0.25) is 5.95 Å². The molecule has 0 amide bonds. The molecule has 2 aromatic carbocycles. The third-order valence-electron chi connectivity index (χ3n) is 6.11. The molecule has 0 saturated heterocycles. The van der Waals surface area contributed by atoms with Crippen molar-refractivity contribution in [2.24, 2.45) is 7.05 Å². The molecular formula is C28H37N7O3. The van der Waals surface area contributed by atoms with E-state index >= 15 is 0 Å². The highest BCUT2D eigenvalue weighted by atomic mass is 16.6. The summed E-state index contributed by atoms with van der Waals surface area (Å²) in [6.45, 7) is 7.44. The molecule has 0 aliphatic carbocycles. The van der Waals surface area contributed by atoms with Crippen LogP contribution in [0.5, 0.6) is 5.75 Å². The van der Waals surface area contributed by atoms with Gasteiger partial charge < -0.3 is 24.4 Å². The lowest BCUT2D eigenvalue weighted by atomic mass is 10.1. The van der Waals surface area contributed by atoms with Crippen LogP contribution >= 0.6 is 0 Å². The van der Waals surface area contributed by atoms with E-state index in [-0.39, 0.29) is 10.6 Å². The highest BCUT2D eigenvalue weighted by Gasteiger charge is 2.22. The number of methoxy groups -OCH3 is 1. The maximum absolute atomic E-state index is 11.9. The molecule has 10 heteroatoms. The normalized spacial score (nSPS) is 10.8. The van der Waals surface area contributed by atoms with E-state index < -0.39 is 0 Å². The summed E-state index contributed by atoms with van der Waals surface area (Å²) in [5.74, 6) is 0.778. The Hall–Kier alpha value is -4.18. The predicted octanol–water partition coefficient (Wildman–Crippen LogP) is 5.63. The zero-order chi connectivity index (χ0) is 28.0. The van der Waals surface area contributed by atoms with Crippen LogP contribution in [-0.2, 0) is 7.05 Å². The van der Waals surface area contributed by atoms with Crippen molar-refractivity contribution < 1.29 is 9.66 Å². The lowest BCUT2D eigenvalue weighted by Gasteiger charge is -2.22. The van der Waals surface area contributed by atoms with Crippen molar-refractivity contribution in [2.45, 2.75) is 20.8 Å². The highest BCUT2D eigenvalue weighted by Crippen LogP contribution is 2.39. The average Bonchev–Trinajstić information content (AvgIpc) is 3.23. The number of anilines is 3. The highest BCUT2D eigenvalue weighted by molar-refractivity contribution is 5.95. The quantitative estimate of drug-likeness (QED) is 0.224. The summed E-state index contributed by atoms with van der Waals surface area (Å²) < 4.78 is 7.65. The lowest BCUT2D eigenvalue weighted by Crippen LogP contribution is -2.28. The van der Waals surface area contributed by atoms with Crippen LogP contribution in [0.25, 0.3) is 22.2 Å². The van der Waals surface area contributed by atoms with Gasteiger partial charge in [0.15, 0.2) is 0 Å². The number of nitro benzene ring substituents is 1. The monoisotopic (exact) mass is 519 g/mol. The smallest absolute Gasteiger partial charge is 0.294 e. The maximum Gasteiger partial charge on any atom is 0.294 e. The summed E-state index contributed by atoms with van der Waals surface area (Å²) in [5, 5.41) is 16.1. The SMILES string of the molecule is CC.COc1cc(N(C)CCN(C)C)c([N+](=O)[O-])cc1Nc1nccc(-c2cn(C)c3cc(C)ccc23)n1. The summed E-state index contributed by atoms with van der Waals surface area (Å²) >= 11 is 0. The van der Waals surface area contributed by atoms with Crippen LogP contribution in [0.2, 0.25) is 0 Å². The Balaban J connectivity index is 0.00000195. The van der Waals surface area contributed by atoms with Crippen LogP contribution in [-0.4, -0.2) is 65.7 Å². The summed E-state index contributed by atoms with van der Waals surface area (Å²) in [4.78, 5) is 24.5. The van der Waals surface area contributed by atoms with Crippen molar-refractivity contribution >= 4 is 33.9 Å². The van der Waals surface area contributed by atoms with Crippen LogP contribution in [0.15, 0.2) is 48.8 Å². The number of nitrogens with one attached hydrogen (secondary N) is 1. The van der Waals surface area contributed by atoms with Crippen LogP contribution in [0.3, 0.4) is 0 Å². The van der Waals surface area contributed by atoms with Gasteiger partial charge in [-0.15, -0.1) is 0 Å². The molecule has 0 aliphatic rings. The number of hydrogen-bond acceptors (Lipinski definition) is 8. The molecule has 0 fully saturated rings. The molecule has 0 radical (unpaired) electrons. The molecule has 2 aromatic heterocycles. The van der Waals surface area contributed by atoms with E-state index in [2.05, 4.69) is 40.0 Å². The van der Waals surface area contributed by atoms with Gasteiger partial charge in [-0.2, -0.15) is 0 Å². The molecule has 0 aliphatic heterocycles. The Morgan fingerprint density at radius 1 is 1.11 bits per heavy atom. The molecular weight excluding hydrogens is 482 g/mol. The number of benzene rings is 2. The van der Waals surface area contributed by atoms with Gasteiger partial charge in [0, 0.05) is 68.2 Å². The van der Waals surface area contributed by atoms with E-state index in [1.165, 1.54) is 18.7 Å². The van der Waals surface area contributed by atoms with Gasteiger partial charge in [-0.25, -0.2) is 9.97 Å². The van der Waals surface area contributed by atoms with Crippen LogP contribution in [0, 0.1) is 17.0 Å². The summed E-state index contributed by atoms with van der Waals surface area (Å²) in [6.07, 6.45) is 3.71. The molecule has 202 valence electrons. The van der Waals surface area contributed by atoms with Crippen molar-refractivity contribution in [1.82, 2.24) is 19.4 Å². The van der Waals surface area contributed by atoms with Gasteiger partial charge in [0.05, 0.1) is 23.4 Å². The molecule has 10 nitrogen and oxygen atoms in total. The lowest BCUT2D eigenvalue weighted by molar-refractivity contribution is -0.384. The Morgan fingerprint density at radius 3 is 2.50 bits per heavy atom. The first-order valence-electron chi connectivity index (χ1n) is 12.6. The standard InChI is InChI=1S/C26H31N7O3.C2H6/c1-17-7-8-18-19(16-32(5)22(18)13-17)20-9-10-27-26(28-20)29-21-14-24(33(34)35)23(15-25(21)36-6)31(4)12-11-30(2)3;1-2/h7-10,13-16H,11-12H2,1-6H3,(H,27,28,29);1-2H3. The molecule has 38 heavy (non-hydrogen) atoms. The third kappa shape index (κ3) is 6.20. The Kier molecular flexibility index (Phi) is 9.25. The van der Waals surface area contributed by atoms with Crippen LogP contribution < -0.4 is 15.0 Å². The Labute approximate surface area is 224 Å². The number of hydrogen-bond donors (Lipinski definition) is 1. The van der Waals surface area contributed by atoms with E-state index in [1.807, 2.05) is 64.1 Å². The minimum Gasteiger partial charge on any atom is -0.494 e. The molecule has 0 bridgehead atoms. The molecule has 4 aromatic rings. The first kappa shape index (κ1) is 28.4. The van der Waals surface area contributed by atoms with Gasteiger partial charge in [-0.3, -0.25) is 10.1 Å². The first-order chi connectivity index (χ1) is 18.2. The van der Waals surface area contributed by atoms with E-state index in [9.17, 15) is 10.1 Å². The third-order valence-corrected chi connectivity index (χ3v) is 6.11. The molecule has 0 atom stereocenters. The van der Waals surface area contributed by atoms with Gasteiger partial charge >= 0.3 is 0 Å². The summed E-state index contributed by atoms with van der Waals surface area (Å²) in [6, 6.07) is 11.3. The molecule has 0 spiro atoms. The first-order valence-corrected chi connectivity index (χ1v) is 12.6. The second-order valence-corrected chi connectivity index (χ2v) is 9.09. The predicted molar refractivity (Wildman–Crippen MR) is 155 cm³/mol. The minimum absolute atomic E-state index is 0.0277. The average molecular weight is 520 g/mol. The number of nitro groups is 1.